The van der Waals surface area contributed by atoms with Gasteiger partial charge in [-0.1, -0.05) is 41.9 Å². The van der Waals surface area contributed by atoms with Gasteiger partial charge < -0.3 is 9.64 Å². The molecular formula is C18H18ClNO3S. The minimum atomic E-state index is -1.01. The summed E-state index contributed by atoms with van der Waals surface area (Å²) in [4.78, 5) is 27.3. The van der Waals surface area contributed by atoms with Crippen LogP contribution in [0.5, 0.6) is 0 Å². The lowest BCUT2D eigenvalue weighted by Gasteiger charge is -2.21. The molecule has 1 amide bonds. The Morgan fingerprint density at radius 1 is 1.12 bits per heavy atom. The summed E-state index contributed by atoms with van der Waals surface area (Å²) in [5.74, 6) is -0.938. The molecule has 0 heterocycles. The van der Waals surface area contributed by atoms with Crippen molar-refractivity contribution in [2.75, 3.05) is 20.4 Å². The van der Waals surface area contributed by atoms with Crippen LogP contribution in [-0.4, -0.2) is 37.1 Å². The predicted octanol–water partition coefficient (Wildman–Crippen LogP) is 4.05. The highest BCUT2D eigenvalue weighted by molar-refractivity contribution is 7.98. The van der Waals surface area contributed by atoms with Crippen LogP contribution in [0.2, 0.25) is 5.02 Å². The number of likely N-dealkylation sites (N-methyl/N-ethyl adjacent to an activating group) is 1. The van der Waals surface area contributed by atoms with Gasteiger partial charge in [0.1, 0.15) is 0 Å². The van der Waals surface area contributed by atoms with Crippen LogP contribution in [0, 0.1) is 0 Å². The van der Waals surface area contributed by atoms with E-state index in [1.807, 2.05) is 18.4 Å². The zero-order chi connectivity index (χ0) is 17.7. The molecule has 0 aromatic heterocycles. The monoisotopic (exact) mass is 363 g/mol. The first-order chi connectivity index (χ1) is 11.4. The molecule has 0 aliphatic rings. The maximum atomic E-state index is 12.6. The van der Waals surface area contributed by atoms with Crippen molar-refractivity contribution in [3.05, 3.63) is 64.7 Å². The summed E-state index contributed by atoms with van der Waals surface area (Å²) < 4.78 is 5.50. The molecule has 0 fully saturated rings. The number of ether oxygens (including phenoxy) is 1. The number of hydrogen-bond donors (Lipinski definition) is 0. The second-order valence-electron chi connectivity index (χ2n) is 5.27. The normalized spacial score (nSPS) is 11.7. The fraction of sp³-hybridized carbons (Fsp3) is 0.222. The zero-order valence-corrected chi connectivity index (χ0v) is 15.2. The molecule has 0 aliphatic carbocycles. The van der Waals surface area contributed by atoms with Gasteiger partial charge in [0.15, 0.2) is 0 Å². The summed E-state index contributed by atoms with van der Waals surface area (Å²) >= 11 is 7.61. The first kappa shape index (κ1) is 18.4. The summed E-state index contributed by atoms with van der Waals surface area (Å²) in [6.07, 6.45) is 0.892. The predicted molar refractivity (Wildman–Crippen MR) is 96.5 cm³/mol. The molecule has 2 rings (SSSR count). The number of carbonyl (C=O) groups is 2. The topological polar surface area (TPSA) is 46.6 Å². The van der Waals surface area contributed by atoms with Gasteiger partial charge in [0.2, 0.25) is 6.10 Å². The van der Waals surface area contributed by atoms with Gasteiger partial charge in [-0.3, -0.25) is 4.79 Å². The number of esters is 1. The van der Waals surface area contributed by atoms with Crippen LogP contribution in [0.4, 0.5) is 0 Å². The number of amides is 1. The lowest BCUT2D eigenvalue weighted by molar-refractivity contribution is -0.138. The maximum absolute atomic E-state index is 12.6. The van der Waals surface area contributed by atoms with Crippen LogP contribution in [0.3, 0.4) is 0 Å². The number of carbonyl (C=O) groups excluding carboxylic acids is 2. The Kier molecular flexibility index (Phi) is 6.29. The number of benzene rings is 2. The fourth-order valence-corrected chi connectivity index (χ4v) is 2.72. The van der Waals surface area contributed by atoms with E-state index in [0.29, 0.717) is 10.6 Å². The summed E-state index contributed by atoms with van der Waals surface area (Å²) in [5.41, 5.74) is 0.859. The third-order valence-electron chi connectivity index (χ3n) is 3.39. The fourth-order valence-electron chi connectivity index (χ4n) is 2.08. The lowest BCUT2D eigenvalue weighted by atomic mass is 10.1. The minimum absolute atomic E-state index is 0.246. The molecule has 0 saturated carbocycles. The highest BCUT2D eigenvalue weighted by atomic mass is 35.5. The van der Waals surface area contributed by atoms with Crippen LogP contribution in [0.25, 0.3) is 0 Å². The molecular weight excluding hydrogens is 346 g/mol. The van der Waals surface area contributed by atoms with E-state index in [1.54, 1.807) is 50.5 Å². The summed E-state index contributed by atoms with van der Waals surface area (Å²) in [7, 11) is 3.24. The molecule has 0 radical (unpaired) electrons. The first-order valence-electron chi connectivity index (χ1n) is 7.24. The smallest absolute Gasteiger partial charge is 0.340 e. The van der Waals surface area contributed by atoms with Gasteiger partial charge in [-0.15, -0.1) is 11.8 Å². The molecule has 0 aliphatic heterocycles. The van der Waals surface area contributed by atoms with Crippen molar-refractivity contribution >= 4 is 35.2 Å². The molecule has 2 aromatic carbocycles. The Hall–Kier alpha value is -1.98. The van der Waals surface area contributed by atoms with Crippen molar-refractivity contribution in [2.24, 2.45) is 0 Å². The molecule has 1 atom stereocenters. The van der Waals surface area contributed by atoms with Gasteiger partial charge in [-0.2, -0.15) is 0 Å². The maximum Gasteiger partial charge on any atom is 0.340 e. The van der Waals surface area contributed by atoms with Crippen molar-refractivity contribution < 1.29 is 14.3 Å². The van der Waals surface area contributed by atoms with E-state index in [-0.39, 0.29) is 11.5 Å². The van der Waals surface area contributed by atoms with Gasteiger partial charge in [-0.05, 0) is 24.5 Å². The third-order valence-corrected chi connectivity index (χ3v) is 4.44. The van der Waals surface area contributed by atoms with Gasteiger partial charge >= 0.3 is 5.97 Å². The lowest BCUT2D eigenvalue weighted by Crippen LogP contribution is -2.31. The van der Waals surface area contributed by atoms with Gasteiger partial charge in [0, 0.05) is 24.6 Å². The molecule has 6 heteroatoms. The highest BCUT2D eigenvalue weighted by Gasteiger charge is 2.27. The molecule has 0 bridgehead atoms. The average molecular weight is 364 g/mol. The van der Waals surface area contributed by atoms with E-state index >= 15 is 0 Å². The number of thioether (sulfide) groups is 1. The van der Waals surface area contributed by atoms with Crippen molar-refractivity contribution in [3.8, 4) is 0 Å². The Morgan fingerprint density at radius 2 is 1.79 bits per heavy atom. The molecule has 4 nitrogen and oxygen atoms in total. The first-order valence-corrected chi connectivity index (χ1v) is 8.85. The van der Waals surface area contributed by atoms with Crippen molar-refractivity contribution in [2.45, 2.75) is 11.0 Å². The number of rotatable bonds is 5. The quantitative estimate of drug-likeness (QED) is 0.594. The molecule has 24 heavy (non-hydrogen) atoms. The number of nitrogens with zero attached hydrogens (tertiary/aromatic N) is 1. The summed E-state index contributed by atoms with van der Waals surface area (Å²) in [6, 6.07) is 14.1. The van der Waals surface area contributed by atoms with Crippen LogP contribution in [-0.2, 0) is 9.53 Å². The van der Waals surface area contributed by atoms with E-state index in [4.69, 9.17) is 16.3 Å². The van der Waals surface area contributed by atoms with Crippen LogP contribution in [0.1, 0.15) is 22.0 Å². The SMILES string of the molecule is CSc1ccc(Cl)c(C(=O)OC(C(=O)N(C)C)c2ccccc2)c1. The van der Waals surface area contributed by atoms with Crippen molar-refractivity contribution in [1.82, 2.24) is 4.90 Å². The Labute approximate surface area is 150 Å². The van der Waals surface area contributed by atoms with Crippen molar-refractivity contribution in [3.63, 3.8) is 0 Å². The number of halogens is 1. The van der Waals surface area contributed by atoms with E-state index in [2.05, 4.69) is 0 Å². The summed E-state index contributed by atoms with van der Waals surface area (Å²) in [6.45, 7) is 0. The van der Waals surface area contributed by atoms with E-state index < -0.39 is 12.1 Å². The van der Waals surface area contributed by atoms with Gasteiger partial charge in [0.05, 0.1) is 10.6 Å². The molecule has 1 unspecified atom stereocenters. The molecule has 2 aromatic rings. The van der Waals surface area contributed by atoms with Crippen LogP contribution >= 0.6 is 23.4 Å². The average Bonchev–Trinajstić information content (AvgIpc) is 2.60. The highest BCUT2D eigenvalue weighted by Crippen LogP contribution is 2.27. The second-order valence-corrected chi connectivity index (χ2v) is 6.56. The largest absolute Gasteiger partial charge is 0.444 e. The second kappa shape index (κ2) is 8.22. The zero-order valence-electron chi connectivity index (χ0n) is 13.7. The number of hydrogen-bond acceptors (Lipinski definition) is 4. The van der Waals surface area contributed by atoms with E-state index in [9.17, 15) is 9.59 Å². The summed E-state index contributed by atoms with van der Waals surface area (Å²) in [5, 5.41) is 0.293. The minimum Gasteiger partial charge on any atom is -0.444 e. The van der Waals surface area contributed by atoms with E-state index in [1.165, 1.54) is 16.7 Å². The molecule has 0 spiro atoms. The Morgan fingerprint density at radius 3 is 2.38 bits per heavy atom. The van der Waals surface area contributed by atoms with Gasteiger partial charge in [-0.25, -0.2) is 4.79 Å². The Balaban J connectivity index is 2.33. The Bertz CT molecular complexity index is 734. The third kappa shape index (κ3) is 4.30. The van der Waals surface area contributed by atoms with E-state index in [0.717, 1.165) is 4.90 Å². The van der Waals surface area contributed by atoms with Crippen molar-refractivity contribution in [1.29, 1.82) is 0 Å². The standard InChI is InChI=1S/C18H18ClNO3S/c1-20(2)17(21)16(12-7-5-4-6-8-12)23-18(22)14-11-13(24-3)9-10-15(14)19/h4-11,16H,1-3H3. The van der Waals surface area contributed by atoms with Crippen LogP contribution < -0.4 is 0 Å². The van der Waals surface area contributed by atoms with Crippen LogP contribution in [0.15, 0.2) is 53.4 Å². The molecule has 0 saturated heterocycles. The molecule has 0 N–H and O–H groups in total. The molecule has 126 valence electrons. The van der Waals surface area contributed by atoms with Gasteiger partial charge in [0.25, 0.3) is 5.91 Å².